The van der Waals surface area contributed by atoms with Crippen molar-refractivity contribution >= 4 is 28.9 Å². The Morgan fingerprint density at radius 3 is 2.90 bits per heavy atom. The Kier molecular flexibility index (Phi) is 4.07. The largest absolute Gasteiger partial charge is 0.354 e. The molecule has 108 valence electrons. The summed E-state index contributed by atoms with van der Waals surface area (Å²) < 4.78 is 1.67. The van der Waals surface area contributed by atoms with Crippen LogP contribution in [0.1, 0.15) is 10.7 Å². The van der Waals surface area contributed by atoms with Crippen LogP contribution in [-0.4, -0.2) is 36.0 Å². The SMILES string of the molecule is Cc1csc(CCNc2nc(Cl)nc(-n3ccnc3)n2)n1. The number of anilines is 1. The molecule has 0 aliphatic rings. The van der Waals surface area contributed by atoms with Crippen LogP contribution >= 0.6 is 22.9 Å². The summed E-state index contributed by atoms with van der Waals surface area (Å²) >= 11 is 7.57. The lowest BCUT2D eigenvalue weighted by molar-refractivity contribution is 0.881. The molecular formula is C12H12ClN7S. The van der Waals surface area contributed by atoms with Crippen LogP contribution in [-0.2, 0) is 6.42 Å². The van der Waals surface area contributed by atoms with Gasteiger partial charge in [0.05, 0.1) is 5.01 Å². The molecule has 1 N–H and O–H groups in total. The first-order valence-electron chi connectivity index (χ1n) is 6.25. The zero-order chi connectivity index (χ0) is 14.7. The zero-order valence-electron chi connectivity index (χ0n) is 11.2. The molecule has 0 aliphatic heterocycles. The van der Waals surface area contributed by atoms with E-state index in [9.17, 15) is 0 Å². The van der Waals surface area contributed by atoms with E-state index in [0.717, 1.165) is 17.1 Å². The standard InChI is InChI=1S/C12H12ClN7S/c1-8-6-21-9(16-8)2-3-15-11-17-10(13)18-12(19-11)20-5-4-14-7-20/h4-7H,2-3H2,1H3,(H,15,17,18,19). The van der Waals surface area contributed by atoms with Crippen molar-refractivity contribution in [1.82, 2.24) is 29.5 Å². The van der Waals surface area contributed by atoms with Crippen molar-refractivity contribution in [2.75, 3.05) is 11.9 Å². The lowest BCUT2D eigenvalue weighted by atomic mass is 10.4. The zero-order valence-corrected chi connectivity index (χ0v) is 12.8. The number of nitrogens with one attached hydrogen (secondary N) is 1. The molecule has 0 amide bonds. The van der Waals surface area contributed by atoms with Gasteiger partial charge in [-0.15, -0.1) is 11.3 Å². The minimum atomic E-state index is 0.140. The van der Waals surface area contributed by atoms with Gasteiger partial charge in [-0.1, -0.05) is 0 Å². The number of thiazole rings is 1. The van der Waals surface area contributed by atoms with Crippen molar-refractivity contribution in [3.05, 3.63) is 40.1 Å². The van der Waals surface area contributed by atoms with Gasteiger partial charge in [0, 0.05) is 36.4 Å². The smallest absolute Gasteiger partial charge is 0.241 e. The molecule has 0 bridgehead atoms. The number of nitrogens with zero attached hydrogens (tertiary/aromatic N) is 6. The molecule has 9 heteroatoms. The third-order valence-corrected chi connectivity index (χ3v) is 3.82. The van der Waals surface area contributed by atoms with E-state index in [1.165, 1.54) is 0 Å². The number of aromatic nitrogens is 6. The fourth-order valence-corrected chi connectivity index (χ4v) is 2.64. The molecule has 21 heavy (non-hydrogen) atoms. The molecule has 0 saturated carbocycles. The molecule has 0 fully saturated rings. The first kappa shape index (κ1) is 13.9. The van der Waals surface area contributed by atoms with E-state index in [1.54, 1.807) is 34.6 Å². The first-order valence-corrected chi connectivity index (χ1v) is 7.51. The number of hydrogen-bond acceptors (Lipinski definition) is 7. The number of imidazole rings is 1. The van der Waals surface area contributed by atoms with Crippen molar-refractivity contribution in [2.45, 2.75) is 13.3 Å². The van der Waals surface area contributed by atoms with Crippen molar-refractivity contribution in [2.24, 2.45) is 0 Å². The Hall–Kier alpha value is -2.06. The van der Waals surface area contributed by atoms with Crippen LogP contribution in [0, 0.1) is 6.92 Å². The highest BCUT2D eigenvalue weighted by molar-refractivity contribution is 7.09. The third-order valence-electron chi connectivity index (χ3n) is 2.62. The Labute approximate surface area is 130 Å². The summed E-state index contributed by atoms with van der Waals surface area (Å²) in [6.07, 6.45) is 5.80. The number of halogens is 1. The van der Waals surface area contributed by atoms with Gasteiger partial charge in [-0.05, 0) is 18.5 Å². The molecule has 7 nitrogen and oxygen atoms in total. The molecule has 0 aromatic carbocycles. The van der Waals surface area contributed by atoms with Crippen LogP contribution < -0.4 is 5.32 Å². The van der Waals surface area contributed by atoms with E-state index < -0.39 is 0 Å². The van der Waals surface area contributed by atoms with Crippen LogP contribution in [0.15, 0.2) is 24.1 Å². The average Bonchev–Trinajstić information content (AvgIpc) is 3.10. The summed E-state index contributed by atoms with van der Waals surface area (Å²) in [6.45, 7) is 2.66. The fraction of sp³-hybridized carbons (Fsp3) is 0.250. The molecule has 0 unspecified atom stereocenters. The van der Waals surface area contributed by atoms with Crippen LogP contribution in [0.5, 0.6) is 0 Å². The number of hydrogen-bond donors (Lipinski definition) is 1. The Balaban J connectivity index is 1.68. The van der Waals surface area contributed by atoms with Crippen molar-refractivity contribution in [3.8, 4) is 5.95 Å². The maximum Gasteiger partial charge on any atom is 0.241 e. The lowest BCUT2D eigenvalue weighted by Gasteiger charge is -2.06. The highest BCUT2D eigenvalue weighted by Gasteiger charge is 2.06. The maximum atomic E-state index is 5.92. The van der Waals surface area contributed by atoms with Crippen LogP contribution in [0.25, 0.3) is 5.95 Å². The Morgan fingerprint density at radius 1 is 1.29 bits per heavy atom. The van der Waals surface area contributed by atoms with E-state index in [0.29, 0.717) is 18.4 Å². The van der Waals surface area contributed by atoms with Gasteiger partial charge in [-0.25, -0.2) is 9.97 Å². The number of aryl methyl sites for hydroxylation is 1. The van der Waals surface area contributed by atoms with E-state index in [4.69, 9.17) is 11.6 Å². The highest BCUT2D eigenvalue weighted by Crippen LogP contribution is 2.11. The predicted molar refractivity (Wildman–Crippen MR) is 81.0 cm³/mol. The van der Waals surface area contributed by atoms with E-state index in [1.807, 2.05) is 12.3 Å². The van der Waals surface area contributed by atoms with Gasteiger partial charge in [0.15, 0.2) is 0 Å². The number of rotatable bonds is 5. The summed E-state index contributed by atoms with van der Waals surface area (Å²) in [4.78, 5) is 20.8. The molecule has 0 saturated heterocycles. The summed E-state index contributed by atoms with van der Waals surface area (Å²) in [5.41, 5.74) is 1.04. The molecule has 0 radical (unpaired) electrons. The molecule has 3 aromatic heterocycles. The molecule has 3 rings (SSSR count). The van der Waals surface area contributed by atoms with Gasteiger partial charge in [0.25, 0.3) is 0 Å². The van der Waals surface area contributed by atoms with E-state index in [-0.39, 0.29) is 5.28 Å². The average molecular weight is 322 g/mol. The van der Waals surface area contributed by atoms with Gasteiger partial charge in [0.1, 0.15) is 6.33 Å². The fourth-order valence-electron chi connectivity index (χ4n) is 1.71. The summed E-state index contributed by atoms with van der Waals surface area (Å²) in [5.74, 6) is 0.868. The first-order chi connectivity index (χ1) is 10.2. The molecule has 3 aromatic rings. The Bertz CT molecular complexity index is 725. The summed E-state index contributed by atoms with van der Waals surface area (Å²) in [5, 5.41) is 6.38. The van der Waals surface area contributed by atoms with Crippen LogP contribution in [0.3, 0.4) is 0 Å². The molecule has 0 spiro atoms. The second-order valence-corrected chi connectivity index (χ2v) is 5.54. The topological polar surface area (TPSA) is 81.4 Å². The second kappa shape index (κ2) is 6.15. The van der Waals surface area contributed by atoms with E-state index in [2.05, 4.69) is 30.2 Å². The van der Waals surface area contributed by atoms with Crippen LogP contribution in [0.2, 0.25) is 5.28 Å². The second-order valence-electron chi connectivity index (χ2n) is 4.26. The minimum Gasteiger partial charge on any atom is -0.354 e. The lowest BCUT2D eigenvalue weighted by Crippen LogP contribution is -2.11. The van der Waals surface area contributed by atoms with Gasteiger partial charge in [-0.3, -0.25) is 4.57 Å². The molecule has 0 atom stereocenters. The highest BCUT2D eigenvalue weighted by atomic mass is 35.5. The quantitative estimate of drug-likeness (QED) is 0.775. The molecule has 0 aliphatic carbocycles. The van der Waals surface area contributed by atoms with Gasteiger partial charge in [0.2, 0.25) is 17.2 Å². The molecular weight excluding hydrogens is 310 g/mol. The van der Waals surface area contributed by atoms with E-state index >= 15 is 0 Å². The maximum absolute atomic E-state index is 5.92. The predicted octanol–water partition coefficient (Wildman–Crippen LogP) is 2.13. The van der Waals surface area contributed by atoms with Gasteiger partial charge >= 0.3 is 0 Å². The van der Waals surface area contributed by atoms with Gasteiger partial charge < -0.3 is 5.32 Å². The normalized spacial score (nSPS) is 10.8. The van der Waals surface area contributed by atoms with Gasteiger partial charge in [-0.2, -0.15) is 15.0 Å². The van der Waals surface area contributed by atoms with Crippen molar-refractivity contribution in [1.29, 1.82) is 0 Å². The minimum absolute atomic E-state index is 0.140. The summed E-state index contributed by atoms with van der Waals surface area (Å²) in [6, 6.07) is 0. The molecule has 3 heterocycles. The summed E-state index contributed by atoms with van der Waals surface area (Å²) in [7, 11) is 0. The Morgan fingerprint density at radius 2 is 2.19 bits per heavy atom. The van der Waals surface area contributed by atoms with Crippen LogP contribution in [0.4, 0.5) is 5.95 Å². The third kappa shape index (κ3) is 3.53. The van der Waals surface area contributed by atoms with Crippen molar-refractivity contribution in [3.63, 3.8) is 0 Å². The monoisotopic (exact) mass is 321 g/mol. The van der Waals surface area contributed by atoms with Crippen molar-refractivity contribution < 1.29 is 0 Å².